The van der Waals surface area contributed by atoms with Crippen LogP contribution in [0.5, 0.6) is 0 Å². The predicted octanol–water partition coefficient (Wildman–Crippen LogP) is 4.12. The van der Waals surface area contributed by atoms with Crippen LogP contribution in [-0.2, 0) is 21.4 Å². The number of rotatable bonds is 5. The van der Waals surface area contributed by atoms with Gasteiger partial charge in [-0.15, -0.1) is 0 Å². The van der Waals surface area contributed by atoms with Crippen LogP contribution in [0.2, 0.25) is 0 Å². The van der Waals surface area contributed by atoms with Gasteiger partial charge in [-0.1, -0.05) is 38.1 Å². The second kappa shape index (κ2) is 7.58. The number of aryl methyl sites for hydroxylation is 1. The van der Waals surface area contributed by atoms with Gasteiger partial charge in [0.05, 0.1) is 10.5 Å². The van der Waals surface area contributed by atoms with Crippen LogP contribution in [0.1, 0.15) is 40.9 Å². The second-order valence-corrected chi connectivity index (χ2v) is 9.41. The van der Waals surface area contributed by atoms with Gasteiger partial charge in [-0.05, 0) is 36.2 Å². The van der Waals surface area contributed by atoms with Crippen LogP contribution in [0.15, 0.2) is 47.4 Å². The van der Waals surface area contributed by atoms with Gasteiger partial charge in [0.25, 0.3) is 5.91 Å². The van der Waals surface area contributed by atoms with Crippen molar-refractivity contribution in [2.45, 2.75) is 37.3 Å². The summed E-state index contributed by atoms with van der Waals surface area (Å²) in [6.45, 7) is 5.21. The van der Waals surface area contributed by atoms with Crippen molar-refractivity contribution < 1.29 is 26.4 Å². The highest BCUT2D eigenvalue weighted by Crippen LogP contribution is 2.32. The molecule has 2 aromatic rings. The van der Waals surface area contributed by atoms with Gasteiger partial charge >= 0.3 is 6.18 Å². The van der Waals surface area contributed by atoms with Crippen LogP contribution >= 0.6 is 0 Å². The van der Waals surface area contributed by atoms with Crippen molar-refractivity contribution in [3.8, 4) is 0 Å². The molecule has 0 unspecified atom stereocenters. The Kier molecular flexibility index (Phi) is 5.94. The van der Waals surface area contributed by atoms with Gasteiger partial charge in [-0.25, -0.2) is 8.42 Å². The van der Waals surface area contributed by atoms with Crippen molar-refractivity contribution in [3.05, 3.63) is 64.7 Å². The molecule has 0 aliphatic rings. The van der Waals surface area contributed by atoms with Gasteiger partial charge < -0.3 is 5.32 Å². The molecule has 0 atom stereocenters. The van der Waals surface area contributed by atoms with E-state index in [1.54, 1.807) is 32.9 Å². The molecular weight excluding hydrogens is 391 g/mol. The minimum Gasteiger partial charge on any atom is -0.351 e. The predicted molar refractivity (Wildman–Crippen MR) is 101 cm³/mol. The van der Waals surface area contributed by atoms with E-state index in [2.05, 4.69) is 5.32 Å². The van der Waals surface area contributed by atoms with E-state index in [-0.39, 0.29) is 17.0 Å². The van der Waals surface area contributed by atoms with Gasteiger partial charge in [0.15, 0.2) is 9.84 Å². The van der Waals surface area contributed by atoms with E-state index in [0.717, 1.165) is 18.4 Å². The molecule has 0 radical (unpaired) electrons. The zero-order valence-corrected chi connectivity index (χ0v) is 16.8. The molecule has 0 aliphatic carbocycles. The highest BCUT2D eigenvalue weighted by Gasteiger charge is 2.32. The number of nitrogens with one attached hydrogen (secondary N) is 1. The third-order valence-electron chi connectivity index (χ3n) is 4.54. The Labute approximate surface area is 162 Å². The van der Waals surface area contributed by atoms with Gasteiger partial charge in [-0.3, -0.25) is 4.79 Å². The summed E-state index contributed by atoms with van der Waals surface area (Å²) in [5, 5.41) is 2.70. The molecule has 28 heavy (non-hydrogen) atoms. The minimum atomic E-state index is -4.45. The molecule has 1 amide bonds. The molecule has 0 saturated heterocycles. The Morgan fingerprint density at radius 1 is 1.04 bits per heavy atom. The van der Waals surface area contributed by atoms with Crippen molar-refractivity contribution in [2.24, 2.45) is 0 Å². The molecule has 8 heteroatoms. The average molecular weight is 413 g/mol. The summed E-state index contributed by atoms with van der Waals surface area (Å²) in [5.41, 5.74) is -0.269. The third-order valence-corrected chi connectivity index (χ3v) is 5.65. The average Bonchev–Trinajstić information content (AvgIpc) is 2.58. The topological polar surface area (TPSA) is 63.2 Å². The molecular formula is C20H22F3NO3S. The molecule has 0 spiro atoms. The van der Waals surface area contributed by atoms with E-state index in [1.165, 1.54) is 18.2 Å². The number of alkyl halides is 3. The van der Waals surface area contributed by atoms with Crippen LogP contribution < -0.4 is 5.32 Å². The largest absolute Gasteiger partial charge is 0.416 e. The standard InChI is InChI=1S/C20H22F3NO3S/c1-13-8-9-16(28(4,26)27)11-17(13)18(25)24-12-19(2,3)14-6-5-7-15(10-14)20(21,22)23/h5-11H,12H2,1-4H3,(H,24,25). The van der Waals surface area contributed by atoms with Gasteiger partial charge in [0.1, 0.15) is 0 Å². The Hall–Kier alpha value is -2.35. The number of halogens is 3. The summed E-state index contributed by atoms with van der Waals surface area (Å²) in [6.07, 6.45) is -3.39. The van der Waals surface area contributed by atoms with E-state index < -0.39 is 32.9 Å². The van der Waals surface area contributed by atoms with Crippen molar-refractivity contribution >= 4 is 15.7 Å². The monoisotopic (exact) mass is 413 g/mol. The lowest BCUT2D eigenvalue weighted by atomic mass is 9.83. The van der Waals surface area contributed by atoms with Crippen LogP contribution in [0.3, 0.4) is 0 Å². The highest BCUT2D eigenvalue weighted by molar-refractivity contribution is 7.90. The lowest BCUT2D eigenvalue weighted by Crippen LogP contribution is -2.37. The second-order valence-electron chi connectivity index (χ2n) is 7.39. The number of benzene rings is 2. The molecule has 0 aromatic heterocycles. The zero-order valence-electron chi connectivity index (χ0n) is 16.0. The number of carbonyl (C=O) groups is 1. The quantitative estimate of drug-likeness (QED) is 0.802. The molecule has 1 N–H and O–H groups in total. The Morgan fingerprint density at radius 3 is 2.21 bits per heavy atom. The van der Waals surface area contributed by atoms with Crippen LogP contribution in [0, 0.1) is 6.92 Å². The van der Waals surface area contributed by atoms with Gasteiger partial charge in [0, 0.05) is 23.8 Å². The number of amides is 1. The zero-order chi connectivity index (χ0) is 21.3. The molecule has 2 rings (SSSR count). The maximum atomic E-state index is 13.0. The van der Waals surface area contributed by atoms with E-state index in [0.29, 0.717) is 11.1 Å². The Balaban J connectivity index is 2.23. The van der Waals surface area contributed by atoms with E-state index in [1.807, 2.05) is 0 Å². The lowest BCUT2D eigenvalue weighted by molar-refractivity contribution is -0.137. The van der Waals surface area contributed by atoms with Crippen LogP contribution in [0.4, 0.5) is 13.2 Å². The molecule has 0 fully saturated rings. The minimum absolute atomic E-state index is 0.0281. The van der Waals surface area contributed by atoms with E-state index in [9.17, 15) is 26.4 Å². The first-order valence-corrected chi connectivity index (χ1v) is 10.4. The molecule has 0 aliphatic heterocycles. The molecule has 0 heterocycles. The fourth-order valence-corrected chi connectivity index (χ4v) is 3.34. The SMILES string of the molecule is Cc1ccc(S(C)(=O)=O)cc1C(=O)NCC(C)(C)c1cccc(C(F)(F)F)c1. The van der Waals surface area contributed by atoms with Crippen LogP contribution in [0.25, 0.3) is 0 Å². The van der Waals surface area contributed by atoms with E-state index >= 15 is 0 Å². The third kappa shape index (κ3) is 5.13. The Morgan fingerprint density at radius 2 is 1.64 bits per heavy atom. The fraction of sp³-hybridized carbons (Fsp3) is 0.350. The summed E-state index contributed by atoms with van der Waals surface area (Å²) >= 11 is 0. The summed E-state index contributed by atoms with van der Waals surface area (Å²) in [5.74, 6) is -0.483. The maximum Gasteiger partial charge on any atom is 0.416 e. The number of hydrogen-bond acceptors (Lipinski definition) is 3. The van der Waals surface area contributed by atoms with Crippen molar-refractivity contribution in [3.63, 3.8) is 0 Å². The number of sulfone groups is 1. The van der Waals surface area contributed by atoms with Gasteiger partial charge in [-0.2, -0.15) is 13.2 Å². The van der Waals surface area contributed by atoms with E-state index in [4.69, 9.17) is 0 Å². The first-order chi connectivity index (χ1) is 12.7. The molecule has 0 bridgehead atoms. The molecule has 0 saturated carbocycles. The van der Waals surface area contributed by atoms with Crippen molar-refractivity contribution in [1.29, 1.82) is 0 Å². The van der Waals surface area contributed by atoms with Gasteiger partial charge in [0.2, 0.25) is 0 Å². The lowest BCUT2D eigenvalue weighted by Gasteiger charge is -2.26. The molecule has 152 valence electrons. The Bertz CT molecular complexity index is 996. The highest BCUT2D eigenvalue weighted by atomic mass is 32.2. The normalized spacial score (nSPS) is 12.7. The summed E-state index contributed by atoms with van der Waals surface area (Å²) in [7, 11) is -3.47. The van der Waals surface area contributed by atoms with Crippen LogP contribution in [-0.4, -0.2) is 27.1 Å². The summed E-state index contributed by atoms with van der Waals surface area (Å²) in [6, 6.07) is 9.26. The number of carbonyl (C=O) groups excluding carboxylic acids is 1. The first kappa shape index (κ1) is 21.9. The smallest absolute Gasteiger partial charge is 0.351 e. The maximum absolute atomic E-state index is 13.0. The fourth-order valence-electron chi connectivity index (χ4n) is 2.69. The van der Waals surface area contributed by atoms with Crippen molar-refractivity contribution in [2.75, 3.05) is 12.8 Å². The number of hydrogen-bond donors (Lipinski definition) is 1. The molecule has 2 aromatic carbocycles. The summed E-state index contributed by atoms with van der Waals surface area (Å²) < 4.78 is 62.3. The first-order valence-electron chi connectivity index (χ1n) is 8.48. The molecule has 4 nitrogen and oxygen atoms in total. The van der Waals surface area contributed by atoms with Crippen molar-refractivity contribution in [1.82, 2.24) is 5.32 Å². The summed E-state index contributed by atoms with van der Waals surface area (Å²) in [4.78, 5) is 12.6.